The number of benzene rings is 1. The first-order valence-electron chi connectivity index (χ1n) is 10.5. The van der Waals surface area contributed by atoms with E-state index in [9.17, 15) is 9.59 Å². The van der Waals surface area contributed by atoms with Crippen LogP contribution in [0, 0.1) is 5.92 Å². The first-order chi connectivity index (χ1) is 14.1. The predicted octanol–water partition coefficient (Wildman–Crippen LogP) is 2.78. The number of nitrogens with one attached hydrogen (secondary N) is 1. The van der Waals surface area contributed by atoms with Crippen molar-refractivity contribution in [3.8, 4) is 0 Å². The fourth-order valence-electron chi connectivity index (χ4n) is 4.07. The minimum atomic E-state index is -0.260. The molecule has 2 amide bonds. The van der Waals surface area contributed by atoms with E-state index in [0.29, 0.717) is 25.7 Å². The molecule has 3 heterocycles. The molecule has 2 fully saturated rings. The SMILES string of the molecule is CCOC(=O)N1CCC(NC(=O)C2CCN(c3nc4ccccc4o3)CC2)CC1. The second kappa shape index (κ2) is 8.71. The van der Waals surface area contributed by atoms with E-state index in [4.69, 9.17) is 9.15 Å². The van der Waals surface area contributed by atoms with Crippen LogP contribution in [0.1, 0.15) is 32.6 Å². The quantitative estimate of drug-likeness (QED) is 0.849. The van der Waals surface area contributed by atoms with Crippen molar-refractivity contribution in [1.82, 2.24) is 15.2 Å². The zero-order chi connectivity index (χ0) is 20.2. The van der Waals surface area contributed by atoms with Gasteiger partial charge < -0.3 is 24.3 Å². The monoisotopic (exact) mass is 400 g/mol. The van der Waals surface area contributed by atoms with E-state index in [0.717, 1.165) is 49.9 Å². The van der Waals surface area contributed by atoms with E-state index in [1.165, 1.54) is 0 Å². The number of fused-ring (bicyclic) bond motifs is 1. The molecule has 1 aromatic carbocycles. The van der Waals surface area contributed by atoms with Crippen molar-refractivity contribution in [2.45, 2.75) is 38.6 Å². The summed E-state index contributed by atoms with van der Waals surface area (Å²) >= 11 is 0. The number of anilines is 1. The van der Waals surface area contributed by atoms with Crippen LogP contribution in [0.5, 0.6) is 0 Å². The summed E-state index contributed by atoms with van der Waals surface area (Å²) in [7, 11) is 0. The van der Waals surface area contributed by atoms with Gasteiger partial charge >= 0.3 is 6.09 Å². The highest BCUT2D eigenvalue weighted by Crippen LogP contribution is 2.26. The standard InChI is InChI=1S/C21H28N4O4/c1-2-28-21(27)25-13-9-16(10-14-25)22-19(26)15-7-11-24(12-8-15)20-23-17-5-3-4-6-18(17)29-20/h3-6,15-16H,2,7-14H2,1H3,(H,22,26). The van der Waals surface area contributed by atoms with Crippen LogP contribution < -0.4 is 10.2 Å². The predicted molar refractivity (Wildman–Crippen MR) is 109 cm³/mol. The first-order valence-corrected chi connectivity index (χ1v) is 10.5. The molecule has 29 heavy (non-hydrogen) atoms. The van der Waals surface area contributed by atoms with E-state index in [-0.39, 0.29) is 24.0 Å². The Balaban J connectivity index is 1.24. The number of hydrogen-bond donors (Lipinski definition) is 1. The van der Waals surface area contributed by atoms with Crippen LogP contribution in [0.15, 0.2) is 28.7 Å². The van der Waals surface area contributed by atoms with Crippen LogP contribution in [0.25, 0.3) is 11.1 Å². The zero-order valence-corrected chi connectivity index (χ0v) is 16.8. The summed E-state index contributed by atoms with van der Waals surface area (Å²) in [5.41, 5.74) is 1.65. The molecule has 2 aromatic rings. The van der Waals surface area contributed by atoms with Crippen molar-refractivity contribution < 1.29 is 18.7 Å². The molecule has 1 N–H and O–H groups in total. The number of carbonyl (C=O) groups excluding carboxylic acids is 2. The van der Waals surface area contributed by atoms with Gasteiger partial charge in [-0.15, -0.1) is 0 Å². The normalized spacial score (nSPS) is 18.8. The summed E-state index contributed by atoms with van der Waals surface area (Å²) in [5, 5.41) is 3.18. The lowest BCUT2D eigenvalue weighted by Crippen LogP contribution is -2.49. The van der Waals surface area contributed by atoms with Crippen molar-refractivity contribution in [2.75, 3.05) is 37.7 Å². The number of carbonyl (C=O) groups is 2. The Hall–Kier alpha value is -2.77. The Morgan fingerprint density at radius 3 is 2.55 bits per heavy atom. The Bertz CT molecular complexity index is 818. The van der Waals surface area contributed by atoms with E-state index in [1.54, 1.807) is 11.8 Å². The summed E-state index contributed by atoms with van der Waals surface area (Å²) in [6.45, 7) is 4.95. The van der Waals surface area contributed by atoms with Gasteiger partial charge in [0.1, 0.15) is 5.52 Å². The van der Waals surface area contributed by atoms with E-state index in [1.807, 2.05) is 24.3 Å². The number of piperidine rings is 2. The fourth-order valence-corrected chi connectivity index (χ4v) is 4.07. The van der Waals surface area contributed by atoms with Crippen LogP contribution in [-0.4, -0.2) is 60.7 Å². The van der Waals surface area contributed by atoms with Gasteiger partial charge in [-0.1, -0.05) is 12.1 Å². The maximum atomic E-state index is 12.7. The molecule has 2 aliphatic rings. The number of para-hydroxylation sites is 2. The maximum absolute atomic E-state index is 12.7. The van der Waals surface area contributed by atoms with Gasteiger partial charge in [0, 0.05) is 38.1 Å². The number of likely N-dealkylation sites (tertiary alicyclic amines) is 1. The van der Waals surface area contributed by atoms with E-state index < -0.39 is 0 Å². The molecule has 2 aliphatic heterocycles. The summed E-state index contributed by atoms with van der Waals surface area (Å²) in [5.74, 6) is 0.135. The van der Waals surface area contributed by atoms with Crippen molar-refractivity contribution in [3.05, 3.63) is 24.3 Å². The van der Waals surface area contributed by atoms with Crippen LogP contribution in [0.2, 0.25) is 0 Å². The lowest BCUT2D eigenvalue weighted by molar-refractivity contribution is -0.126. The minimum absolute atomic E-state index is 0.0127. The highest BCUT2D eigenvalue weighted by molar-refractivity contribution is 5.79. The van der Waals surface area contributed by atoms with Crippen LogP contribution in [0.3, 0.4) is 0 Å². The molecule has 0 radical (unpaired) electrons. The van der Waals surface area contributed by atoms with Crippen LogP contribution >= 0.6 is 0 Å². The van der Waals surface area contributed by atoms with Crippen LogP contribution in [0.4, 0.5) is 10.8 Å². The van der Waals surface area contributed by atoms with Gasteiger partial charge in [-0.3, -0.25) is 4.79 Å². The van der Waals surface area contributed by atoms with Gasteiger partial charge in [-0.2, -0.15) is 4.98 Å². The number of oxazole rings is 1. The number of ether oxygens (including phenoxy) is 1. The van der Waals surface area contributed by atoms with Crippen molar-refractivity contribution in [1.29, 1.82) is 0 Å². The second-order valence-electron chi connectivity index (χ2n) is 7.69. The molecule has 8 heteroatoms. The molecule has 0 spiro atoms. The molecule has 4 rings (SSSR count). The summed E-state index contributed by atoms with van der Waals surface area (Å²) in [6.07, 6.45) is 2.85. The highest BCUT2D eigenvalue weighted by Gasteiger charge is 2.30. The molecule has 8 nitrogen and oxygen atoms in total. The number of nitrogens with zero attached hydrogens (tertiary/aromatic N) is 3. The molecule has 1 aromatic heterocycles. The third-order valence-electron chi connectivity index (χ3n) is 5.79. The molecule has 156 valence electrons. The molecule has 2 saturated heterocycles. The molecular weight excluding hydrogens is 372 g/mol. The Morgan fingerprint density at radius 1 is 1.14 bits per heavy atom. The second-order valence-corrected chi connectivity index (χ2v) is 7.69. The number of rotatable bonds is 4. The van der Waals surface area contributed by atoms with Gasteiger partial charge in [0.25, 0.3) is 6.01 Å². The average molecular weight is 400 g/mol. The molecule has 0 saturated carbocycles. The lowest BCUT2D eigenvalue weighted by atomic mass is 9.95. The smallest absolute Gasteiger partial charge is 0.409 e. The Labute approximate surface area is 170 Å². The van der Waals surface area contributed by atoms with Gasteiger partial charge in [0.15, 0.2) is 5.58 Å². The van der Waals surface area contributed by atoms with E-state index in [2.05, 4.69) is 15.2 Å². The lowest BCUT2D eigenvalue weighted by Gasteiger charge is -2.34. The highest BCUT2D eigenvalue weighted by atomic mass is 16.6. The number of aromatic nitrogens is 1. The Kier molecular flexibility index (Phi) is 5.87. The van der Waals surface area contributed by atoms with E-state index >= 15 is 0 Å². The molecule has 0 aliphatic carbocycles. The topological polar surface area (TPSA) is 87.9 Å². The summed E-state index contributed by atoms with van der Waals surface area (Å²) in [4.78, 5) is 32.8. The number of amides is 2. The number of hydrogen-bond acceptors (Lipinski definition) is 6. The molecular formula is C21H28N4O4. The maximum Gasteiger partial charge on any atom is 0.409 e. The van der Waals surface area contributed by atoms with Gasteiger partial charge in [-0.05, 0) is 44.7 Å². The first kappa shape index (κ1) is 19.5. The molecule has 0 unspecified atom stereocenters. The summed E-state index contributed by atoms with van der Waals surface area (Å²) < 4.78 is 10.9. The molecule has 0 bridgehead atoms. The average Bonchev–Trinajstić information content (AvgIpc) is 3.19. The van der Waals surface area contributed by atoms with Gasteiger partial charge in [0.2, 0.25) is 5.91 Å². The van der Waals surface area contributed by atoms with Gasteiger partial charge in [-0.25, -0.2) is 4.79 Å². The van der Waals surface area contributed by atoms with Crippen molar-refractivity contribution in [2.24, 2.45) is 5.92 Å². The zero-order valence-electron chi connectivity index (χ0n) is 16.8. The summed E-state index contributed by atoms with van der Waals surface area (Å²) in [6, 6.07) is 8.50. The fraction of sp³-hybridized carbons (Fsp3) is 0.571. The largest absolute Gasteiger partial charge is 0.450 e. The van der Waals surface area contributed by atoms with Crippen LogP contribution in [-0.2, 0) is 9.53 Å². The third kappa shape index (κ3) is 4.46. The Morgan fingerprint density at radius 2 is 1.86 bits per heavy atom. The van der Waals surface area contributed by atoms with Crippen molar-refractivity contribution >= 4 is 29.1 Å². The minimum Gasteiger partial charge on any atom is -0.450 e. The van der Waals surface area contributed by atoms with Gasteiger partial charge in [0.05, 0.1) is 6.61 Å². The third-order valence-corrected chi connectivity index (χ3v) is 5.79. The van der Waals surface area contributed by atoms with Crippen molar-refractivity contribution in [3.63, 3.8) is 0 Å². The molecule has 0 atom stereocenters.